The van der Waals surface area contributed by atoms with Crippen molar-refractivity contribution in [3.8, 4) is 11.4 Å². The van der Waals surface area contributed by atoms with Crippen LogP contribution in [0.25, 0.3) is 5.69 Å². The highest BCUT2D eigenvalue weighted by Gasteiger charge is 2.17. The Labute approximate surface area is 184 Å². The standard InChI is InChI=1S/C21H25N5O2S2/c1-14-24-25-21(26(14)15-9-11-16(28-2)12-10-15)29-13-19(27)23-20-22-17-7-5-3-4-6-8-18(17)30-20/h9-12H,3-8,13H2,1-2H3,(H,22,23,27). The van der Waals surface area contributed by atoms with E-state index in [1.165, 1.54) is 42.3 Å². The van der Waals surface area contributed by atoms with Crippen LogP contribution in [0, 0.1) is 6.92 Å². The predicted octanol–water partition coefficient (Wildman–Crippen LogP) is 4.43. The third-order valence-corrected chi connectivity index (χ3v) is 7.05. The predicted molar refractivity (Wildman–Crippen MR) is 120 cm³/mol. The minimum Gasteiger partial charge on any atom is -0.497 e. The summed E-state index contributed by atoms with van der Waals surface area (Å²) < 4.78 is 7.16. The lowest BCUT2D eigenvalue weighted by Gasteiger charge is -2.09. The van der Waals surface area contributed by atoms with Crippen molar-refractivity contribution in [1.82, 2.24) is 19.7 Å². The van der Waals surface area contributed by atoms with E-state index in [1.54, 1.807) is 18.4 Å². The number of carbonyl (C=O) groups excluding carboxylic acids is 1. The van der Waals surface area contributed by atoms with Crippen LogP contribution >= 0.6 is 23.1 Å². The van der Waals surface area contributed by atoms with Gasteiger partial charge in [0.2, 0.25) is 5.91 Å². The van der Waals surface area contributed by atoms with E-state index in [9.17, 15) is 4.79 Å². The largest absolute Gasteiger partial charge is 0.497 e. The van der Waals surface area contributed by atoms with Crippen molar-refractivity contribution < 1.29 is 9.53 Å². The fourth-order valence-electron chi connectivity index (χ4n) is 3.51. The Bertz CT molecular complexity index is 988. The average molecular weight is 444 g/mol. The van der Waals surface area contributed by atoms with E-state index in [0.717, 1.165) is 35.8 Å². The zero-order chi connectivity index (χ0) is 20.9. The van der Waals surface area contributed by atoms with Crippen LogP contribution in [0.4, 0.5) is 5.13 Å². The Morgan fingerprint density at radius 1 is 1.17 bits per heavy atom. The Kier molecular flexibility index (Phi) is 6.69. The Hall–Kier alpha value is -2.39. The number of nitrogens with zero attached hydrogens (tertiary/aromatic N) is 4. The van der Waals surface area contributed by atoms with Crippen molar-refractivity contribution in [3.63, 3.8) is 0 Å². The number of hydrogen-bond donors (Lipinski definition) is 1. The van der Waals surface area contributed by atoms with Crippen molar-refractivity contribution in [2.75, 3.05) is 18.2 Å². The summed E-state index contributed by atoms with van der Waals surface area (Å²) in [7, 11) is 1.64. The number of thiazole rings is 1. The SMILES string of the molecule is COc1ccc(-n2c(C)nnc2SCC(=O)Nc2nc3c(s2)CCCCCC3)cc1. The number of rotatable bonds is 6. The molecule has 7 nitrogen and oxygen atoms in total. The molecule has 0 saturated heterocycles. The Morgan fingerprint density at radius 2 is 1.93 bits per heavy atom. The van der Waals surface area contributed by atoms with Gasteiger partial charge < -0.3 is 10.1 Å². The highest BCUT2D eigenvalue weighted by molar-refractivity contribution is 7.99. The maximum absolute atomic E-state index is 12.5. The summed E-state index contributed by atoms with van der Waals surface area (Å²) in [5.74, 6) is 1.72. The summed E-state index contributed by atoms with van der Waals surface area (Å²) in [6.07, 6.45) is 7.02. The highest BCUT2D eigenvalue weighted by Crippen LogP contribution is 2.29. The van der Waals surface area contributed by atoms with Gasteiger partial charge in [0.25, 0.3) is 0 Å². The fraction of sp³-hybridized carbons (Fsp3) is 0.429. The number of hydrogen-bond acceptors (Lipinski definition) is 7. The monoisotopic (exact) mass is 443 g/mol. The molecule has 9 heteroatoms. The summed E-state index contributed by atoms with van der Waals surface area (Å²) in [5, 5.41) is 12.8. The van der Waals surface area contributed by atoms with Crippen LogP contribution < -0.4 is 10.1 Å². The molecular formula is C21H25N5O2S2. The summed E-state index contributed by atoms with van der Waals surface area (Å²) in [4.78, 5) is 18.5. The smallest absolute Gasteiger partial charge is 0.236 e. The molecule has 1 aliphatic carbocycles. The molecule has 1 aliphatic rings. The molecule has 0 fully saturated rings. The van der Waals surface area contributed by atoms with Crippen LogP contribution in [0.5, 0.6) is 5.75 Å². The van der Waals surface area contributed by atoms with Crippen molar-refractivity contribution in [1.29, 1.82) is 0 Å². The first-order valence-electron chi connectivity index (χ1n) is 10.1. The molecule has 0 bridgehead atoms. The van der Waals surface area contributed by atoms with Gasteiger partial charge in [-0.3, -0.25) is 9.36 Å². The molecular weight excluding hydrogens is 418 g/mol. The van der Waals surface area contributed by atoms with Crippen molar-refractivity contribution in [3.05, 3.63) is 40.7 Å². The maximum atomic E-state index is 12.5. The van der Waals surface area contributed by atoms with Gasteiger partial charge >= 0.3 is 0 Å². The molecule has 2 aromatic heterocycles. The fourth-order valence-corrected chi connectivity index (χ4v) is 5.37. The van der Waals surface area contributed by atoms with Gasteiger partial charge in [0.1, 0.15) is 11.6 Å². The maximum Gasteiger partial charge on any atom is 0.236 e. The molecule has 1 amide bonds. The number of amides is 1. The topological polar surface area (TPSA) is 81.9 Å². The number of fused-ring (bicyclic) bond motifs is 1. The van der Waals surface area contributed by atoms with Crippen LogP contribution in [-0.4, -0.2) is 38.5 Å². The van der Waals surface area contributed by atoms with Crippen LogP contribution in [0.1, 0.15) is 42.1 Å². The molecule has 0 radical (unpaired) electrons. The van der Waals surface area contributed by atoms with Gasteiger partial charge in [-0.15, -0.1) is 21.5 Å². The van der Waals surface area contributed by atoms with Gasteiger partial charge in [-0.2, -0.15) is 0 Å². The molecule has 2 heterocycles. The Balaban J connectivity index is 1.40. The van der Waals surface area contributed by atoms with Gasteiger partial charge in [-0.05, 0) is 56.9 Å². The van der Waals surface area contributed by atoms with Crippen molar-refractivity contribution in [2.24, 2.45) is 0 Å². The van der Waals surface area contributed by atoms with E-state index < -0.39 is 0 Å². The summed E-state index contributed by atoms with van der Waals surface area (Å²) in [6.45, 7) is 1.90. The lowest BCUT2D eigenvalue weighted by Crippen LogP contribution is -2.14. The number of nitrogens with one attached hydrogen (secondary N) is 1. The number of benzene rings is 1. The molecule has 0 spiro atoms. The van der Waals surface area contributed by atoms with E-state index >= 15 is 0 Å². The number of methoxy groups -OCH3 is 1. The summed E-state index contributed by atoms with van der Waals surface area (Å²) in [5.41, 5.74) is 2.10. The number of ether oxygens (including phenoxy) is 1. The average Bonchev–Trinajstić information content (AvgIpc) is 3.29. The Morgan fingerprint density at radius 3 is 2.70 bits per heavy atom. The quantitative estimate of drug-likeness (QED) is 0.568. The lowest BCUT2D eigenvalue weighted by atomic mass is 10.0. The van der Waals surface area contributed by atoms with Gasteiger partial charge in [-0.25, -0.2) is 4.98 Å². The number of aryl methyl sites for hydroxylation is 3. The molecule has 0 unspecified atom stereocenters. The first-order chi connectivity index (χ1) is 14.6. The summed E-state index contributed by atoms with van der Waals surface area (Å²) in [6, 6.07) is 7.68. The van der Waals surface area contributed by atoms with Gasteiger partial charge in [-0.1, -0.05) is 24.6 Å². The molecule has 1 N–H and O–H groups in total. The third-order valence-electron chi connectivity index (χ3n) is 5.05. The van der Waals surface area contributed by atoms with Crippen molar-refractivity contribution in [2.45, 2.75) is 50.6 Å². The minimum atomic E-state index is -0.0799. The zero-order valence-electron chi connectivity index (χ0n) is 17.2. The second-order valence-electron chi connectivity index (χ2n) is 7.20. The van der Waals surface area contributed by atoms with E-state index in [0.29, 0.717) is 10.3 Å². The number of anilines is 1. The van der Waals surface area contributed by atoms with Crippen molar-refractivity contribution >= 4 is 34.1 Å². The highest BCUT2D eigenvalue weighted by atomic mass is 32.2. The number of aromatic nitrogens is 4. The number of carbonyl (C=O) groups is 1. The molecule has 0 aliphatic heterocycles. The molecule has 3 aromatic rings. The van der Waals surface area contributed by atoms with E-state index in [-0.39, 0.29) is 11.7 Å². The molecule has 30 heavy (non-hydrogen) atoms. The van der Waals surface area contributed by atoms with Crippen LogP contribution in [0.3, 0.4) is 0 Å². The zero-order valence-corrected chi connectivity index (χ0v) is 18.8. The first-order valence-corrected chi connectivity index (χ1v) is 11.9. The minimum absolute atomic E-state index is 0.0799. The molecule has 1 aromatic carbocycles. The lowest BCUT2D eigenvalue weighted by molar-refractivity contribution is -0.113. The van der Waals surface area contributed by atoms with E-state index in [1.807, 2.05) is 35.8 Å². The van der Waals surface area contributed by atoms with Crippen LogP contribution in [-0.2, 0) is 17.6 Å². The molecule has 158 valence electrons. The van der Waals surface area contributed by atoms with Gasteiger partial charge in [0.15, 0.2) is 10.3 Å². The normalized spacial score (nSPS) is 13.9. The molecule has 0 atom stereocenters. The molecule has 0 saturated carbocycles. The first kappa shape index (κ1) is 20.9. The molecule has 4 rings (SSSR count). The van der Waals surface area contributed by atoms with Crippen LogP contribution in [0.2, 0.25) is 0 Å². The summed E-state index contributed by atoms with van der Waals surface area (Å²) >= 11 is 2.98. The second kappa shape index (κ2) is 9.61. The van der Waals surface area contributed by atoms with Gasteiger partial charge in [0.05, 0.1) is 18.6 Å². The number of thioether (sulfide) groups is 1. The second-order valence-corrected chi connectivity index (χ2v) is 9.23. The van der Waals surface area contributed by atoms with E-state index in [4.69, 9.17) is 4.74 Å². The van der Waals surface area contributed by atoms with Gasteiger partial charge in [0, 0.05) is 10.6 Å². The van der Waals surface area contributed by atoms with E-state index in [2.05, 4.69) is 20.5 Å². The third kappa shape index (κ3) is 4.84. The van der Waals surface area contributed by atoms with Crippen LogP contribution in [0.15, 0.2) is 29.4 Å².